The van der Waals surface area contributed by atoms with Crippen LogP contribution in [0.15, 0.2) is 53.4 Å². The first-order chi connectivity index (χ1) is 11.9. The molecule has 1 heterocycles. The lowest BCUT2D eigenvalue weighted by Gasteiger charge is -2.24. The van der Waals surface area contributed by atoms with E-state index in [2.05, 4.69) is 5.32 Å². The predicted molar refractivity (Wildman–Crippen MR) is 95.3 cm³/mol. The fourth-order valence-electron chi connectivity index (χ4n) is 2.95. The van der Waals surface area contributed by atoms with E-state index in [0.717, 1.165) is 11.3 Å². The van der Waals surface area contributed by atoms with Crippen molar-refractivity contribution >= 4 is 21.6 Å². The van der Waals surface area contributed by atoms with Gasteiger partial charge in [0.2, 0.25) is 0 Å². The van der Waals surface area contributed by atoms with Crippen molar-refractivity contribution in [1.29, 1.82) is 0 Å². The number of fused-ring (bicyclic) bond motifs is 1. The van der Waals surface area contributed by atoms with Gasteiger partial charge in [-0.2, -0.15) is 0 Å². The Kier molecular flexibility index (Phi) is 4.67. The van der Waals surface area contributed by atoms with Crippen LogP contribution in [0.2, 0.25) is 0 Å². The summed E-state index contributed by atoms with van der Waals surface area (Å²) in [7, 11) is -2.13. The van der Waals surface area contributed by atoms with E-state index in [1.165, 1.54) is 23.5 Å². The summed E-state index contributed by atoms with van der Waals surface area (Å²) < 4.78 is 32.9. The van der Waals surface area contributed by atoms with E-state index in [4.69, 9.17) is 4.74 Å². The largest absolute Gasteiger partial charge is 0.484 e. The summed E-state index contributed by atoms with van der Waals surface area (Å²) in [5, 5.41) is 2.46. The third kappa shape index (κ3) is 3.32. The number of anilines is 1. The lowest BCUT2D eigenvalue weighted by molar-refractivity contribution is -0.122. The molecule has 3 rings (SSSR count). The molecule has 1 unspecified atom stereocenters. The summed E-state index contributed by atoms with van der Waals surface area (Å²) >= 11 is 0. The first kappa shape index (κ1) is 17.3. The molecule has 132 valence electrons. The van der Waals surface area contributed by atoms with Crippen molar-refractivity contribution in [3.63, 3.8) is 0 Å². The van der Waals surface area contributed by atoms with Crippen molar-refractivity contribution in [3.05, 3.63) is 54.1 Å². The van der Waals surface area contributed by atoms with Crippen LogP contribution < -0.4 is 14.4 Å². The van der Waals surface area contributed by atoms with Crippen LogP contribution in [-0.2, 0) is 21.2 Å². The summed E-state index contributed by atoms with van der Waals surface area (Å²) in [4.78, 5) is 11.4. The van der Waals surface area contributed by atoms with Gasteiger partial charge in [-0.1, -0.05) is 18.2 Å². The van der Waals surface area contributed by atoms with E-state index < -0.39 is 10.0 Å². The minimum atomic E-state index is -3.66. The highest BCUT2D eigenvalue weighted by Gasteiger charge is 2.35. The van der Waals surface area contributed by atoms with Gasteiger partial charge < -0.3 is 10.1 Å². The van der Waals surface area contributed by atoms with Crippen LogP contribution in [0.4, 0.5) is 5.69 Å². The maximum absolute atomic E-state index is 13.1. The molecule has 0 aliphatic carbocycles. The monoisotopic (exact) mass is 360 g/mol. The van der Waals surface area contributed by atoms with E-state index in [1.807, 2.05) is 31.2 Å². The number of nitrogens with zero attached hydrogens (tertiary/aromatic N) is 1. The van der Waals surface area contributed by atoms with Crippen molar-refractivity contribution in [2.75, 3.05) is 18.0 Å². The fraction of sp³-hybridized carbons (Fsp3) is 0.278. The highest BCUT2D eigenvalue weighted by atomic mass is 32.2. The second kappa shape index (κ2) is 6.76. The highest BCUT2D eigenvalue weighted by molar-refractivity contribution is 7.92. The second-order valence-electron chi connectivity index (χ2n) is 5.92. The van der Waals surface area contributed by atoms with Gasteiger partial charge in [0.1, 0.15) is 5.75 Å². The van der Waals surface area contributed by atoms with Crippen molar-refractivity contribution < 1.29 is 17.9 Å². The zero-order valence-corrected chi connectivity index (χ0v) is 14.9. The smallest absolute Gasteiger partial charge is 0.264 e. The second-order valence-corrected chi connectivity index (χ2v) is 7.73. The number of likely N-dealkylation sites (N-methyl/N-ethyl adjacent to an activating group) is 1. The van der Waals surface area contributed by atoms with Crippen LogP contribution in [0, 0.1) is 0 Å². The van der Waals surface area contributed by atoms with Crippen molar-refractivity contribution in [1.82, 2.24) is 5.32 Å². The SMILES string of the molecule is CNC(=O)COc1ccc(S(=O)(=O)N2c3ccccc3CC2C)cc1. The maximum Gasteiger partial charge on any atom is 0.264 e. The van der Waals surface area contributed by atoms with E-state index in [1.54, 1.807) is 12.1 Å². The molecule has 0 saturated carbocycles. The Bertz CT molecular complexity index is 878. The zero-order valence-electron chi connectivity index (χ0n) is 14.1. The number of hydrogen-bond acceptors (Lipinski definition) is 4. The first-order valence-electron chi connectivity index (χ1n) is 7.99. The van der Waals surface area contributed by atoms with Crippen molar-refractivity contribution in [2.24, 2.45) is 0 Å². The van der Waals surface area contributed by atoms with Crippen LogP contribution in [0.25, 0.3) is 0 Å². The minimum Gasteiger partial charge on any atom is -0.484 e. The van der Waals surface area contributed by atoms with E-state index in [0.29, 0.717) is 12.2 Å². The van der Waals surface area contributed by atoms with Crippen LogP contribution in [0.1, 0.15) is 12.5 Å². The number of carbonyl (C=O) groups excluding carboxylic acids is 1. The van der Waals surface area contributed by atoms with E-state index >= 15 is 0 Å². The molecule has 2 aromatic rings. The first-order valence-corrected chi connectivity index (χ1v) is 9.43. The van der Waals surface area contributed by atoms with Crippen molar-refractivity contribution in [2.45, 2.75) is 24.3 Å². The Morgan fingerprint density at radius 2 is 1.88 bits per heavy atom. The fourth-order valence-corrected chi connectivity index (χ4v) is 4.64. The molecule has 0 bridgehead atoms. The molecular formula is C18H20N2O4S. The van der Waals surface area contributed by atoms with E-state index in [9.17, 15) is 13.2 Å². The lowest BCUT2D eigenvalue weighted by Crippen LogP contribution is -2.35. The van der Waals surface area contributed by atoms with Gasteiger partial charge in [0.25, 0.3) is 15.9 Å². The summed E-state index contributed by atoms with van der Waals surface area (Å²) in [5.41, 5.74) is 1.76. The third-order valence-corrected chi connectivity index (χ3v) is 6.12. The molecule has 7 heteroatoms. The average Bonchev–Trinajstić information content (AvgIpc) is 2.96. The van der Waals surface area contributed by atoms with E-state index in [-0.39, 0.29) is 23.5 Å². The molecule has 1 aliphatic heterocycles. The quantitative estimate of drug-likeness (QED) is 0.884. The van der Waals surface area contributed by atoms with Gasteiger partial charge in [0.15, 0.2) is 6.61 Å². The Morgan fingerprint density at radius 3 is 2.56 bits per heavy atom. The minimum absolute atomic E-state index is 0.112. The average molecular weight is 360 g/mol. The summed E-state index contributed by atoms with van der Waals surface area (Å²) in [6.45, 7) is 1.79. The van der Waals surface area contributed by atoms with Gasteiger partial charge in [0.05, 0.1) is 10.6 Å². The lowest BCUT2D eigenvalue weighted by atomic mass is 10.1. The van der Waals surface area contributed by atoms with Crippen LogP contribution >= 0.6 is 0 Å². The van der Waals surface area contributed by atoms with Gasteiger partial charge in [0, 0.05) is 13.1 Å². The Hall–Kier alpha value is -2.54. The standard InChI is InChI=1S/C18H20N2O4S/c1-13-11-14-5-3-4-6-17(14)20(13)25(22,23)16-9-7-15(8-10-16)24-12-18(21)19-2/h3-10,13H,11-12H2,1-2H3,(H,19,21). The molecule has 0 saturated heterocycles. The number of carbonyl (C=O) groups is 1. The molecule has 1 aliphatic rings. The Labute approximate surface area is 147 Å². The highest BCUT2D eigenvalue weighted by Crippen LogP contribution is 2.36. The Balaban J connectivity index is 1.84. The summed E-state index contributed by atoms with van der Waals surface area (Å²) in [6.07, 6.45) is 0.697. The molecule has 6 nitrogen and oxygen atoms in total. The molecule has 0 aromatic heterocycles. The summed E-state index contributed by atoms with van der Waals surface area (Å²) in [6, 6.07) is 13.5. The molecule has 0 spiro atoms. The predicted octanol–water partition coefficient (Wildman–Crippen LogP) is 1.95. The van der Waals surface area contributed by atoms with Gasteiger partial charge in [-0.3, -0.25) is 9.10 Å². The van der Waals surface area contributed by atoms with Gasteiger partial charge in [-0.05, 0) is 49.2 Å². The van der Waals surface area contributed by atoms with Crippen LogP contribution in [-0.4, -0.2) is 34.0 Å². The number of rotatable bonds is 5. The molecule has 1 atom stereocenters. The topological polar surface area (TPSA) is 75.7 Å². The normalized spacial score (nSPS) is 16.4. The molecule has 25 heavy (non-hydrogen) atoms. The molecular weight excluding hydrogens is 340 g/mol. The number of hydrogen-bond donors (Lipinski definition) is 1. The van der Waals surface area contributed by atoms with Gasteiger partial charge in [-0.15, -0.1) is 0 Å². The summed E-state index contributed by atoms with van der Waals surface area (Å²) in [5.74, 6) is 0.191. The Morgan fingerprint density at radius 1 is 1.20 bits per heavy atom. The van der Waals surface area contributed by atoms with Gasteiger partial charge >= 0.3 is 0 Å². The third-order valence-electron chi connectivity index (χ3n) is 4.17. The maximum atomic E-state index is 13.1. The van der Waals surface area contributed by atoms with Crippen LogP contribution in [0.5, 0.6) is 5.75 Å². The van der Waals surface area contributed by atoms with Gasteiger partial charge in [-0.25, -0.2) is 8.42 Å². The number of ether oxygens (including phenoxy) is 1. The molecule has 0 radical (unpaired) electrons. The molecule has 1 amide bonds. The van der Waals surface area contributed by atoms with Crippen molar-refractivity contribution in [3.8, 4) is 5.75 Å². The molecule has 0 fully saturated rings. The number of nitrogens with one attached hydrogen (secondary N) is 1. The van der Waals surface area contributed by atoms with Crippen LogP contribution in [0.3, 0.4) is 0 Å². The molecule has 2 aromatic carbocycles. The zero-order chi connectivity index (χ0) is 18.0. The molecule has 1 N–H and O–H groups in total. The number of para-hydroxylation sites is 1. The number of sulfonamides is 1. The number of benzene rings is 2. The number of amides is 1.